The molecule has 2 N–H and O–H groups in total. The van der Waals surface area contributed by atoms with E-state index in [9.17, 15) is 29.8 Å². The molecule has 2 rings (SSSR count). The predicted octanol–water partition coefficient (Wildman–Crippen LogP) is 2.67. The first-order valence-electron chi connectivity index (χ1n) is 8.96. The van der Waals surface area contributed by atoms with Crippen LogP contribution in [0.15, 0.2) is 45.3 Å². The Morgan fingerprint density at radius 3 is 1.58 bits per heavy atom. The van der Waals surface area contributed by atoms with Crippen molar-refractivity contribution in [2.75, 3.05) is 13.1 Å². The molecule has 0 spiro atoms. The van der Waals surface area contributed by atoms with E-state index in [4.69, 9.17) is 8.83 Å². The Labute approximate surface area is 175 Å². The Bertz CT molecular complexity index is 951. The van der Waals surface area contributed by atoms with E-state index < -0.39 is 38.8 Å². The summed E-state index contributed by atoms with van der Waals surface area (Å²) in [5.41, 5.74) is -0.486. The Morgan fingerprint density at radius 1 is 0.871 bits per heavy atom. The first-order chi connectivity index (χ1) is 14.6. The number of furan rings is 2. The summed E-state index contributed by atoms with van der Waals surface area (Å²) in [6.07, 6.45) is 4.98. The van der Waals surface area contributed by atoms with E-state index in [1.165, 1.54) is 48.6 Å². The molecule has 0 saturated heterocycles. The van der Waals surface area contributed by atoms with E-state index in [2.05, 4.69) is 10.6 Å². The standard InChI is InChI=1S/C19H20N4O8/c1-19(2,11-20-15(24)7-3-13-5-9-17(30-13)22(26)27)12-21-16(25)8-4-14-6-10-18(31-14)23(28)29/h3-10H,11-12H2,1-2H3,(H,20,24)(H,21,25)/b7-3+,8-4+. The third-order valence-electron chi connectivity index (χ3n) is 3.87. The Morgan fingerprint density at radius 2 is 1.26 bits per heavy atom. The van der Waals surface area contributed by atoms with Crippen LogP contribution in [-0.2, 0) is 9.59 Å². The Kier molecular flexibility index (Phi) is 7.44. The fourth-order valence-electron chi connectivity index (χ4n) is 2.21. The summed E-state index contributed by atoms with van der Waals surface area (Å²) in [5.74, 6) is -1.37. The van der Waals surface area contributed by atoms with Crippen LogP contribution < -0.4 is 10.6 Å². The summed E-state index contributed by atoms with van der Waals surface area (Å²) in [5, 5.41) is 26.5. The lowest BCUT2D eigenvalue weighted by molar-refractivity contribution is -0.402. The number of rotatable bonds is 10. The monoisotopic (exact) mass is 432 g/mol. The van der Waals surface area contributed by atoms with Gasteiger partial charge in [-0.3, -0.25) is 29.8 Å². The first-order valence-corrected chi connectivity index (χ1v) is 8.96. The SMILES string of the molecule is CC(C)(CNC(=O)/C=C/c1ccc([N+](=O)[O-])o1)CNC(=O)/C=C/c1ccc([N+](=O)[O-])o1. The molecule has 0 aliphatic carbocycles. The maximum absolute atomic E-state index is 11.9. The minimum atomic E-state index is -0.679. The molecule has 164 valence electrons. The maximum atomic E-state index is 11.9. The van der Waals surface area contributed by atoms with Crippen molar-refractivity contribution in [3.63, 3.8) is 0 Å². The lowest BCUT2D eigenvalue weighted by atomic mass is 9.93. The van der Waals surface area contributed by atoms with Gasteiger partial charge in [0.2, 0.25) is 11.8 Å². The van der Waals surface area contributed by atoms with Crippen LogP contribution in [0.1, 0.15) is 25.4 Å². The second-order valence-corrected chi connectivity index (χ2v) is 7.13. The van der Waals surface area contributed by atoms with Crippen molar-refractivity contribution in [3.05, 3.63) is 68.2 Å². The normalized spacial score (nSPS) is 11.7. The van der Waals surface area contributed by atoms with Gasteiger partial charge < -0.3 is 19.5 Å². The van der Waals surface area contributed by atoms with Crippen LogP contribution in [0.2, 0.25) is 0 Å². The van der Waals surface area contributed by atoms with Crippen molar-refractivity contribution in [2.45, 2.75) is 13.8 Å². The fraction of sp³-hybridized carbons (Fsp3) is 0.263. The number of nitrogens with one attached hydrogen (secondary N) is 2. The number of carbonyl (C=O) groups excluding carboxylic acids is 2. The highest BCUT2D eigenvalue weighted by molar-refractivity contribution is 5.92. The number of nitrogens with zero attached hydrogens (tertiary/aromatic N) is 2. The van der Waals surface area contributed by atoms with Crippen LogP contribution in [0, 0.1) is 25.6 Å². The molecule has 31 heavy (non-hydrogen) atoms. The molecule has 0 aromatic carbocycles. The highest BCUT2D eigenvalue weighted by Gasteiger charge is 2.19. The third-order valence-corrected chi connectivity index (χ3v) is 3.87. The van der Waals surface area contributed by atoms with Gasteiger partial charge in [0, 0.05) is 25.2 Å². The summed E-state index contributed by atoms with van der Waals surface area (Å²) >= 11 is 0. The van der Waals surface area contributed by atoms with Crippen LogP contribution in [0.4, 0.5) is 11.8 Å². The number of hydrogen-bond donors (Lipinski definition) is 2. The second kappa shape index (κ2) is 10.0. The number of carbonyl (C=O) groups is 2. The highest BCUT2D eigenvalue weighted by Crippen LogP contribution is 2.17. The largest absolute Gasteiger partial charge is 0.433 e. The predicted molar refractivity (Wildman–Crippen MR) is 109 cm³/mol. The average molecular weight is 432 g/mol. The molecule has 0 fully saturated rings. The first kappa shape index (κ1) is 23.1. The molecule has 0 unspecified atom stereocenters. The van der Waals surface area contributed by atoms with Crippen LogP contribution in [0.3, 0.4) is 0 Å². The van der Waals surface area contributed by atoms with Gasteiger partial charge in [-0.2, -0.15) is 0 Å². The highest BCUT2D eigenvalue weighted by atomic mass is 16.7. The van der Waals surface area contributed by atoms with Crippen molar-refractivity contribution >= 4 is 35.7 Å². The summed E-state index contributed by atoms with van der Waals surface area (Å²) in [6.45, 7) is 4.13. The van der Waals surface area contributed by atoms with Gasteiger partial charge in [-0.25, -0.2) is 0 Å². The van der Waals surface area contributed by atoms with Gasteiger partial charge in [0.1, 0.15) is 21.4 Å². The summed E-state index contributed by atoms with van der Waals surface area (Å²) in [6, 6.07) is 5.11. The zero-order valence-electron chi connectivity index (χ0n) is 16.7. The fourth-order valence-corrected chi connectivity index (χ4v) is 2.21. The molecule has 2 aromatic heterocycles. The van der Waals surface area contributed by atoms with E-state index in [0.29, 0.717) is 0 Å². The van der Waals surface area contributed by atoms with Crippen LogP contribution in [0.5, 0.6) is 0 Å². The molecular weight excluding hydrogens is 412 g/mol. The number of hydrogen-bond acceptors (Lipinski definition) is 8. The molecule has 0 aliphatic rings. The van der Waals surface area contributed by atoms with Gasteiger partial charge in [0.25, 0.3) is 0 Å². The maximum Gasteiger partial charge on any atom is 0.433 e. The van der Waals surface area contributed by atoms with E-state index in [-0.39, 0.29) is 24.6 Å². The smallest absolute Gasteiger partial charge is 0.401 e. The minimum Gasteiger partial charge on any atom is -0.401 e. The lowest BCUT2D eigenvalue weighted by Gasteiger charge is -2.24. The van der Waals surface area contributed by atoms with E-state index in [1.54, 1.807) is 0 Å². The van der Waals surface area contributed by atoms with E-state index in [0.717, 1.165) is 0 Å². The van der Waals surface area contributed by atoms with Crippen molar-refractivity contribution < 1.29 is 28.3 Å². The molecule has 2 aromatic rings. The molecule has 12 heteroatoms. The average Bonchev–Trinajstić information content (AvgIpc) is 3.37. The van der Waals surface area contributed by atoms with Gasteiger partial charge >= 0.3 is 11.8 Å². The number of nitro groups is 2. The van der Waals surface area contributed by atoms with Gasteiger partial charge in [-0.1, -0.05) is 13.8 Å². The summed E-state index contributed by atoms with van der Waals surface area (Å²) < 4.78 is 9.83. The van der Waals surface area contributed by atoms with Crippen molar-refractivity contribution in [1.82, 2.24) is 10.6 Å². The molecule has 0 saturated carbocycles. The van der Waals surface area contributed by atoms with Crippen LogP contribution >= 0.6 is 0 Å². The lowest BCUT2D eigenvalue weighted by Crippen LogP contribution is -2.41. The molecular formula is C19H20N4O8. The second-order valence-electron chi connectivity index (χ2n) is 7.13. The molecule has 0 atom stereocenters. The summed E-state index contributed by atoms with van der Waals surface area (Å²) in [7, 11) is 0. The molecule has 12 nitrogen and oxygen atoms in total. The zero-order valence-corrected chi connectivity index (χ0v) is 16.7. The molecule has 0 aliphatic heterocycles. The minimum absolute atomic E-state index is 0.169. The van der Waals surface area contributed by atoms with Crippen LogP contribution in [-0.4, -0.2) is 34.8 Å². The van der Waals surface area contributed by atoms with E-state index in [1.807, 2.05) is 13.8 Å². The van der Waals surface area contributed by atoms with Crippen molar-refractivity contribution in [1.29, 1.82) is 0 Å². The quantitative estimate of drug-likeness (QED) is 0.328. The van der Waals surface area contributed by atoms with Gasteiger partial charge in [0.05, 0.1) is 12.1 Å². The van der Waals surface area contributed by atoms with Gasteiger partial charge in [-0.15, -0.1) is 0 Å². The van der Waals surface area contributed by atoms with Gasteiger partial charge in [0.15, 0.2) is 0 Å². The van der Waals surface area contributed by atoms with Crippen LogP contribution in [0.25, 0.3) is 12.2 Å². The molecule has 0 bridgehead atoms. The van der Waals surface area contributed by atoms with E-state index >= 15 is 0 Å². The number of amides is 2. The molecule has 2 heterocycles. The molecule has 2 amide bonds. The Hall–Kier alpha value is -4.22. The van der Waals surface area contributed by atoms with Gasteiger partial charge in [-0.05, 0) is 29.7 Å². The third kappa shape index (κ3) is 7.61. The van der Waals surface area contributed by atoms with Crippen molar-refractivity contribution in [2.24, 2.45) is 5.41 Å². The molecule has 0 radical (unpaired) electrons. The topological polar surface area (TPSA) is 171 Å². The Balaban J connectivity index is 1.76. The zero-order chi connectivity index (χ0) is 23.0. The summed E-state index contributed by atoms with van der Waals surface area (Å²) in [4.78, 5) is 43.6. The van der Waals surface area contributed by atoms with Crippen molar-refractivity contribution in [3.8, 4) is 0 Å².